The van der Waals surface area contributed by atoms with Gasteiger partial charge in [-0.3, -0.25) is 4.99 Å². The van der Waals surface area contributed by atoms with Crippen LogP contribution in [0.15, 0.2) is 52.7 Å². The molecule has 0 aliphatic heterocycles. The number of rotatable bonds is 4. The number of aliphatic imine (C=N–C) groups is 1. The molecule has 1 heterocycles. The van der Waals surface area contributed by atoms with E-state index in [1.54, 1.807) is 12.3 Å². The van der Waals surface area contributed by atoms with Crippen molar-refractivity contribution in [1.82, 2.24) is 4.98 Å². The number of halogens is 1. The molecule has 0 fully saturated rings. The Morgan fingerprint density at radius 1 is 1.26 bits per heavy atom. The molecule has 94 valence electrons. The van der Waals surface area contributed by atoms with Gasteiger partial charge in [-0.2, -0.15) is 0 Å². The molecule has 0 N–H and O–H groups in total. The van der Waals surface area contributed by atoms with Gasteiger partial charge in [0.15, 0.2) is 0 Å². The zero-order valence-corrected chi connectivity index (χ0v) is 10.7. The maximum absolute atomic E-state index is 8.49. The Balaban J connectivity index is 2.21. The van der Waals surface area contributed by atoms with Crippen LogP contribution in [0.5, 0.6) is 0 Å². The fourth-order valence-electron chi connectivity index (χ4n) is 1.52. The molecule has 0 saturated carbocycles. The van der Waals surface area contributed by atoms with Crippen LogP contribution in [0.3, 0.4) is 0 Å². The normalized spacial score (nSPS) is 10.4. The molecule has 1 aromatic heterocycles. The van der Waals surface area contributed by atoms with Gasteiger partial charge >= 0.3 is 0 Å². The van der Waals surface area contributed by atoms with Crippen molar-refractivity contribution in [2.24, 2.45) is 10.1 Å². The molecule has 0 saturated heterocycles. The first-order valence-corrected chi connectivity index (χ1v) is 5.92. The van der Waals surface area contributed by atoms with Crippen molar-refractivity contribution < 1.29 is 0 Å². The highest BCUT2D eigenvalue weighted by Gasteiger charge is 2.03. The third-order valence-corrected chi connectivity index (χ3v) is 2.71. The molecule has 0 unspecified atom stereocenters. The summed E-state index contributed by atoms with van der Waals surface area (Å²) in [6.07, 6.45) is 3.06. The second-order valence-corrected chi connectivity index (χ2v) is 4.04. The second-order valence-electron chi connectivity index (χ2n) is 3.68. The minimum atomic E-state index is 0.265. The van der Waals surface area contributed by atoms with Gasteiger partial charge in [-0.05, 0) is 17.2 Å². The topological polar surface area (TPSA) is 74.0 Å². The minimum Gasteiger partial charge on any atom is -0.288 e. The lowest BCUT2D eigenvalue weighted by molar-refractivity contribution is 1.08. The van der Waals surface area contributed by atoms with Crippen LogP contribution in [0.2, 0.25) is 5.15 Å². The number of hydrogen-bond donors (Lipinski definition) is 0. The van der Waals surface area contributed by atoms with E-state index in [1.807, 2.05) is 30.3 Å². The Bertz CT molecular complexity index is 633. The molecule has 6 heteroatoms. The molecule has 2 rings (SSSR count). The highest BCUT2D eigenvalue weighted by Crippen LogP contribution is 2.23. The summed E-state index contributed by atoms with van der Waals surface area (Å²) in [4.78, 5) is 11.0. The van der Waals surface area contributed by atoms with E-state index in [9.17, 15) is 0 Å². The first-order valence-electron chi connectivity index (χ1n) is 5.54. The van der Waals surface area contributed by atoms with E-state index in [2.05, 4.69) is 20.0 Å². The van der Waals surface area contributed by atoms with Crippen LogP contribution in [0.4, 0.5) is 5.69 Å². The van der Waals surface area contributed by atoms with E-state index >= 15 is 0 Å². The summed E-state index contributed by atoms with van der Waals surface area (Å²) >= 11 is 5.96. The van der Waals surface area contributed by atoms with Gasteiger partial charge in [0.1, 0.15) is 5.15 Å². The molecule has 19 heavy (non-hydrogen) atoms. The summed E-state index contributed by atoms with van der Waals surface area (Å²) < 4.78 is 0. The molecular weight excluding hydrogens is 262 g/mol. The summed E-state index contributed by atoms with van der Waals surface area (Å²) in [5.74, 6) is 0. The van der Waals surface area contributed by atoms with Crippen molar-refractivity contribution in [1.29, 1.82) is 0 Å². The van der Waals surface area contributed by atoms with E-state index in [-0.39, 0.29) is 5.15 Å². The summed E-state index contributed by atoms with van der Waals surface area (Å²) in [5.41, 5.74) is 10.5. The van der Waals surface area contributed by atoms with Crippen molar-refractivity contribution in [2.45, 2.75) is 6.54 Å². The lowest BCUT2D eigenvalue weighted by Crippen LogP contribution is -1.89. The summed E-state index contributed by atoms with van der Waals surface area (Å²) in [6, 6.07) is 11.4. The van der Waals surface area contributed by atoms with Gasteiger partial charge in [-0.25, -0.2) is 4.98 Å². The van der Waals surface area contributed by atoms with Crippen molar-refractivity contribution in [2.75, 3.05) is 0 Å². The zero-order valence-electron chi connectivity index (χ0n) is 9.94. The maximum atomic E-state index is 8.49. The lowest BCUT2D eigenvalue weighted by Gasteiger charge is -2.01. The zero-order chi connectivity index (χ0) is 13.5. The standard InChI is InChI=1S/C13H10ClN5/c14-13-11(12(18-19-15)6-7-17-13)9-16-8-10-4-2-1-3-5-10/h1-7,9H,8H2. The summed E-state index contributed by atoms with van der Waals surface area (Å²) in [7, 11) is 0. The number of hydrogen-bond acceptors (Lipinski definition) is 3. The molecule has 0 spiro atoms. The van der Waals surface area contributed by atoms with Gasteiger partial charge in [-0.1, -0.05) is 47.0 Å². The van der Waals surface area contributed by atoms with Crippen LogP contribution in [-0.2, 0) is 6.54 Å². The van der Waals surface area contributed by atoms with Crippen molar-refractivity contribution in [3.05, 3.63) is 69.3 Å². The molecule has 0 bridgehead atoms. The Morgan fingerprint density at radius 3 is 2.79 bits per heavy atom. The SMILES string of the molecule is [N-]=[N+]=Nc1ccnc(Cl)c1C=NCc1ccccc1. The highest BCUT2D eigenvalue weighted by atomic mass is 35.5. The molecule has 1 aromatic carbocycles. The molecule has 0 radical (unpaired) electrons. The van der Waals surface area contributed by atoms with Crippen LogP contribution in [0, 0.1) is 0 Å². The first-order chi connectivity index (χ1) is 9.31. The van der Waals surface area contributed by atoms with Gasteiger partial charge in [0, 0.05) is 22.9 Å². The molecule has 0 atom stereocenters. The molecule has 5 nitrogen and oxygen atoms in total. The van der Waals surface area contributed by atoms with Gasteiger partial charge in [0.05, 0.1) is 12.2 Å². The van der Waals surface area contributed by atoms with Gasteiger partial charge in [-0.15, -0.1) is 0 Å². The highest BCUT2D eigenvalue weighted by molar-refractivity contribution is 6.32. The van der Waals surface area contributed by atoms with E-state index in [0.717, 1.165) is 5.56 Å². The van der Waals surface area contributed by atoms with Crippen LogP contribution >= 0.6 is 11.6 Å². The van der Waals surface area contributed by atoms with Crippen molar-refractivity contribution in [3.63, 3.8) is 0 Å². The largest absolute Gasteiger partial charge is 0.288 e. The van der Waals surface area contributed by atoms with Crippen molar-refractivity contribution >= 4 is 23.5 Å². The predicted molar refractivity (Wildman–Crippen MR) is 75.8 cm³/mol. The fraction of sp³-hybridized carbons (Fsp3) is 0.0769. The monoisotopic (exact) mass is 271 g/mol. The molecule has 0 aliphatic rings. The van der Waals surface area contributed by atoms with Crippen LogP contribution in [-0.4, -0.2) is 11.2 Å². The number of aromatic nitrogens is 1. The average molecular weight is 272 g/mol. The van der Waals surface area contributed by atoms with E-state index < -0.39 is 0 Å². The third kappa shape index (κ3) is 3.55. The number of nitrogens with zero attached hydrogens (tertiary/aromatic N) is 5. The number of pyridine rings is 1. The van der Waals surface area contributed by atoms with Crippen LogP contribution in [0.25, 0.3) is 10.4 Å². The number of azide groups is 1. The fourth-order valence-corrected chi connectivity index (χ4v) is 1.72. The Labute approximate surface area is 115 Å². The molecule has 0 amide bonds. The lowest BCUT2D eigenvalue weighted by atomic mass is 10.2. The third-order valence-electron chi connectivity index (χ3n) is 2.41. The van der Waals surface area contributed by atoms with Crippen LogP contribution < -0.4 is 0 Å². The van der Waals surface area contributed by atoms with Gasteiger partial charge in [0.2, 0.25) is 0 Å². The smallest absolute Gasteiger partial charge is 0.138 e. The van der Waals surface area contributed by atoms with E-state index in [0.29, 0.717) is 17.8 Å². The predicted octanol–water partition coefficient (Wildman–Crippen LogP) is 4.30. The quantitative estimate of drug-likeness (QED) is 0.269. The minimum absolute atomic E-state index is 0.265. The van der Waals surface area contributed by atoms with Crippen LogP contribution in [0.1, 0.15) is 11.1 Å². The summed E-state index contributed by atoms with van der Waals surface area (Å²) in [5, 5.41) is 3.82. The second kappa shape index (κ2) is 6.54. The average Bonchev–Trinajstić information content (AvgIpc) is 2.43. The molecular formula is C13H10ClN5. The summed E-state index contributed by atoms with van der Waals surface area (Å²) in [6.45, 7) is 0.530. The number of benzene rings is 1. The Morgan fingerprint density at radius 2 is 2.05 bits per heavy atom. The van der Waals surface area contributed by atoms with Gasteiger partial charge < -0.3 is 0 Å². The Kier molecular flexibility index (Phi) is 4.50. The van der Waals surface area contributed by atoms with E-state index in [4.69, 9.17) is 17.1 Å². The Hall–Kier alpha value is -2.36. The molecule has 2 aromatic rings. The van der Waals surface area contributed by atoms with E-state index in [1.165, 1.54) is 6.20 Å². The first kappa shape index (κ1) is 13.1. The van der Waals surface area contributed by atoms with Crippen molar-refractivity contribution in [3.8, 4) is 0 Å². The maximum Gasteiger partial charge on any atom is 0.138 e. The molecule has 0 aliphatic carbocycles. The van der Waals surface area contributed by atoms with Gasteiger partial charge in [0.25, 0.3) is 0 Å².